The van der Waals surface area contributed by atoms with Crippen molar-refractivity contribution in [2.75, 3.05) is 5.32 Å². The van der Waals surface area contributed by atoms with Crippen LogP contribution >= 0.6 is 11.6 Å². The molecule has 0 saturated heterocycles. The van der Waals surface area contributed by atoms with Gasteiger partial charge < -0.3 is 10.4 Å². The van der Waals surface area contributed by atoms with E-state index in [-0.39, 0.29) is 0 Å². The van der Waals surface area contributed by atoms with E-state index in [4.69, 9.17) is 11.6 Å². The highest BCUT2D eigenvalue weighted by atomic mass is 35.5. The molecule has 0 radical (unpaired) electrons. The Morgan fingerprint density at radius 1 is 1.18 bits per heavy atom. The van der Waals surface area contributed by atoms with Gasteiger partial charge in [0.2, 0.25) is 0 Å². The predicted molar refractivity (Wildman–Crippen MR) is 71.6 cm³/mol. The summed E-state index contributed by atoms with van der Waals surface area (Å²) < 4.78 is 0. The van der Waals surface area contributed by atoms with Crippen LogP contribution in [-0.4, -0.2) is 5.11 Å². The van der Waals surface area contributed by atoms with Crippen LogP contribution in [0.4, 0.5) is 5.69 Å². The van der Waals surface area contributed by atoms with E-state index < -0.39 is 0 Å². The Kier molecular flexibility index (Phi) is 3.55. The zero-order valence-corrected chi connectivity index (χ0v) is 10.3. The molecule has 0 aliphatic carbocycles. The molecule has 88 valence electrons. The van der Waals surface area contributed by atoms with Crippen LogP contribution in [-0.2, 0) is 6.54 Å². The Labute approximate surface area is 106 Å². The zero-order valence-electron chi connectivity index (χ0n) is 9.57. The van der Waals surface area contributed by atoms with Crippen LogP contribution in [0.15, 0.2) is 42.5 Å². The van der Waals surface area contributed by atoms with Crippen LogP contribution in [0.1, 0.15) is 11.1 Å². The first-order valence-electron chi connectivity index (χ1n) is 5.44. The lowest BCUT2D eigenvalue weighted by atomic mass is 10.1. The highest BCUT2D eigenvalue weighted by Crippen LogP contribution is 2.22. The van der Waals surface area contributed by atoms with E-state index in [2.05, 4.69) is 5.32 Å². The van der Waals surface area contributed by atoms with Gasteiger partial charge in [0.05, 0.1) is 0 Å². The van der Waals surface area contributed by atoms with Crippen LogP contribution in [0.25, 0.3) is 0 Å². The summed E-state index contributed by atoms with van der Waals surface area (Å²) in [5, 5.41) is 13.7. The highest BCUT2D eigenvalue weighted by molar-refractivity contribution is 6.30. The maximum atomic E-state index is 9.64. The summed E-state index contributed by atoms with van der Waals surface area (Å²) in [7, 11) is 0. The van der Waals surface area contributed by atoms with Gasteiger partial charge in [-0.25, -0.2) is 0 Å². The van der Waals surface area contributed by atoms with Crippen molar-refractivity contribution in [2.24, 2.45) is 0 Å². The Morgan fingerprint density at radius 2 is 1.94 bits per heavy atom. The Morgan fingerprint density at radius 3 is 2.65 bits per heavy atom. The van der Waals surface area contributed by atoms with Gasteiger partial charge in [-0.05, 0) is 36.8 Å². The summed E-state index contributed by atoms with van der Waals surface area (Å²) >= 11 is 5.89. The molecule has 0 amide bonds. The van der Waals surface area contributed by atoms with Gasteiger partial charge in [0.25, 0.3) is 0 Å². The van der Waals surface area contributed by atoms with E-state index in [1.807, 2.05) is 43.3 Å². The number of aryl methyl sites for hydroxylation is 1. The monoisotopic (exact) mass is 247 g/mol. The number of benzene rings is 2. The van der Waals surface area contributed by atoms with E-state index in [1.165, 1.54) is 0 Å². The van der Waals surface area contributed by atoms with Gasteiger partial charge in [-0.3, -0.25) is 0 Å². The third kappa shape index (κ3) is 2.92. The first-order valence-corrected chi connectivity index (χ1v) is 5.81. The molecule has 0 heterocycles. The summed E-state index contributed by atoms with van der Waals surface area (Å²) in [6, 6.07) is 13.0. The number of hydrogen-bond donors (Lipinski definition) is 2. The molecule has 2 N–H and O–H groups in total. The van der Waals surface area contributed by atoms with E-state index in [0.29, 0.717) is 12.3 Å². The lowest BCUT2D eigenvalue weighted by Crippen LogP contribution is -2.01. The van der Waals surface area contributed by atoms with E-state index in [0.717, 1.165) is 21.8 Å². The van der Waals surface area contributed by atoms with Crippen molar-refractivity contribution in [3.8, 4) is 5.75 Å². The third-order valence-corrected chi connectivity index (χ3v) is 2.88. The average Bonchev–Trinajstić information content (AvgIpc) is 2.30. The molecule has 0 saturated carbocycles. The Hall–Kier alpha value is -1.67. The number of hydrogen-bond acceptors (Lipinski definition) is 2. The van der Waals surface area contributed by atoms with E-state index in [9.17, 15) is 5.11 Å². The van der Waals surface area contributed by atoms with Gasteiger partial charge in [0.1, 0.15) is 5.75 Å². The minimum absolute atomic E-state index is 0.312. The summed E-state index contributed by atoms with van der Waals surface area (Å²) in [4.78, 5) is 0. The molecule has 17 heavy (non-hydrogen) atoms. The minimum Gasteiger partial charge on any atom is -0.508 e. The first-order chi connectivity index (χ1) is 8.16. The molecule has 2 aromatic carbocycles. The molecule has 0 unspecified atom stereocenters. The van der Waals surface area contributed by atoms with Gasteiger partial charge >= 0.3 is 0 Å². The molecule has 0 aromatic heterocycles. The highest BCUT2D eigenvalue weighted by Gasteiger charge is 2.01. The molecule has 2 aromatic rings. The molecular weight excluding hydrogens is 234 g/mol. The van der Waals surface area contributed by atoms with Crippen molar-refractivity contribution < 1.29 is 5.11 Å². The molecule has 0 bridgehead atoms. The van der Waals surface area contributed by atoms with Crippen LogP contribution in [0.5, 0.6) is 5.75 Å². The fourth-order valence-corrected chi connectivity index (χ4v) is 1.90. The summed E-state index contributed by atoms with van der Waals surface area (Å²) in [6.45, 7) is 2.59. The second-order valence-corrected chi connectivity index (χ2v) is 4.38. The number of phenols is 1. The second-order valence-electron chi connectivity index (χ2n) is 3.94. The van der Waals surface area contributed by atoms with Gasteiger partial charge in [0.15, 0.2) is 0 Å². The fraction of sp³-hybridized carbons (Fsp3) is 0.143. The van der Waals surface area contributed by atoms with Gasteiger partial charge in [-0.2, -0.15) is 0 Å². The van der Waals surface area contributed by atoms with E-state index in [1.54, 1.807) is 6.07 Å². The molecule has 0 aliphatic rings. The lowest BCUT2D eigenvalue weighted by Gasteiger charge is -2.10. The van der Waals surface area contributed by atoms with Gasteiger partial charge in [0, 0.05) is 22.8 Å². The molecule has 0 aliphatic heterocycles. The van der Waals surface area contributed by atoms with Crippen LogP contribution in [0, 0.1) is 6.92 Å². The second kappa shape index (κ2) is 5.11. The minimum atomic E-state index is 0.312. The number of para-hydroxylation sites is 1. The SMILES string of the molecule is Cc1cc(Cl)ccc1NCc1ccccc1O. The van der Waals surface area contributed by atoms with Crippen molar-refractivity contribution in [1.29, 1.82) is 0 Å². The molecule has 2 nitrogen and oxygen atoms in total. The average molecular weight is 248 g/mol. The normalized spacial score (nSPS) is 10.2. The summed E-state index contributed by atoms with van der Waals surface area (Å²) in [5.41, 5.74) is 2.99. The van der Waals surface area contributed by atoms with Crippen molar-refractivity contribution >= 4 is 17.3 Å². The number of halogens is 1. The molecule has 3 heteroatoms. The number of phenolic OH excluding ortho intramolecular Hbond substituents is 1. The van der Waals surface area contributed by atoms with Crippen LogP contribution in [0.3, 0.4) is 0 Å². The number of anilines is 1. The number of nitrogens with one attached hydrogen (secondary N) is 1. The molecule has 2 rings (SSSR count). The predicted octanol–water partition coefficient (Wildman–Crippen LogP) is 3.97. The van der Waals surface area contributed by atoms with Crippen LogP contribution < -0.4 is 5.32 Å². The van der Waals surface area contributed by atoms with E-state index >= 15 is 0 Å². The van der Waals surface area contributed by atoms with Crippen molar-refractivity contribution in [2.45, 2.75) is 13.5 Å². The standard InChI is InChI=1S/C14H14ClNO/c1-10-8-12(15)6-7-13(10)16-9-11-4-2-3-5-14(11)17/h2-8,16-17H,9H2,1H3. The number of aromatic hydroxyl groups is 1. The topological polar surface area (TPSA) is 32.3 Å². The maximum Gasteiger partial charge on any atom is 0.120 e. The maximum absolute atomic E-state index is 9.64. The Balaban J connectivity index is 2.10. The quantitative estimate of drug-likeness (QED) is 0.860. The van der Waals surface area contributed by atoms with Crippen molar-refractivity contribution in [3.05, 3.63) is 58.6 Å². The smallest absolute Gasteiger partial charge is 0.120 e. The first kappa shape index (κ1) is 11.8. The Bertz CT molecular complexity index is 525. The summed E-state index contributed by atoms with van der Waals surface area (Å²) in [6.07, 6.45) is 0. The molecule has 0 atom stereocenters. The third-order valence-electron chi connectivity index (χ3n) is 2.65. The zero-order chi connectivity index (χ0) is 12.3. The largest absolute Gasteiger partial charge is 0.508 e. The molecule has 0 spiro atoms. The molecule has 0 fully saturated rings. The van der Waals surface area contributed by atoms with Crippen molar-refractivity contribution in [1.82, 2.24) is 0 Å². The van der Waals surface area contributed by atoms with Crippen molar-refractivity contribution in [3.63, 3.8) is 0 Å². The summed E-state index contributed by atoms with van der Waals surface area (Å²) in [5.74, 6) is 0.312. The fourth-order valence-electron chi connectivity index (χ4n) is 1.68. The van der Waals surface area contributed by atoms with Gasteiger partial charge in [-0.15, -0.1) is 0 Å². The molecular formula is C14H14ClNO. The number of rotatable bonds is 3. The van der Waals surface area contributed by atoms with Gasteiger partial charge in [-0.1, -0.05) is 29.8 Å². The lowest BCUT2D eigenvalue weighted by molar-refractivity contribution is 0.469. The van der Waals surface area contributed by atoms with Crippen LogP contribution in [0.2, 0.25) is 5.02 Å².